The van der Waals surface area contributed by atoms with Crippen molar-refractivity contribution in [2.24, 2.45) is 10.9 Å². The molecule has 3 aromatic carbocycles. The average Bonchev–Trinajstić information content (AvgIpc) is 2.80. The van der Waals surface area contributed by atoms with Crippen LogP contribution >= 0.6 is 0 Å². The number of halogens is 1. The molecule has 0 aliphatic carbocycles. The van der Waals surface area contributed by atoms with E-state index in [1.807, 2.05) is 38.1 Å². The van der Waals surface area contributed by atoms with Crippen LogP contribution in [0.2, 0.25) is 0 Å². The number of aliphatic hydroxyl groups is 1. The molecule has 0 fully saturated rings. The zero-order valence-corrected chi connectivity index (χ0v) is 18.6. The topological polar surface area (TPSA) is 71.3 Å². The average molecular weight is 438 g/mol. The van der Waals surface area contributed by atoms with Gasteiger partial charge < -0.3 is 19.7 Å². The van der Waals surface area contributed by atoms with Crippen LogP contribution in [-0.4, -0.2) is 36.7 Å². The molecule has 0 saturated heterocycles. The van der Waals surface area contributed by atoms with Crippen molar-refractivity contribution in [3.8, 4) is 17.2 Å². The van der Waals surface area contributed by atoms with Gasteiger partial charge in [0.05, 0.1) is 20.3 Å². The third kappa shape index (κ3) is 4.46. The molecule has 5 nitrogen and oxygen atoms in total. The summed E-state index contributed by atoms with van der Waals surface area (Å²) in [5.41, 5.74) is -0.386. The van der Waals surface area contributed by atoms with Crippen LogP contribution in [0.1, 0.15) is 30.5 Å². The molecular formula is C26H28FNO4. The molecule has 6 heteroatoms. The Balaban J connectivity index is 2.26. The van der Waals surface area contributed by atoms with Gasteiger partial charge in [0.2, 0.25) is 0 Å². The fourth-order valence-corrected chi connectivity index (χ4v) is 3.93. The summed E-state index contributed by atoms with van der Waals surface area (Å²) in [7, 11) is 3.08. The molecule has 0 saturated carbocycles. The van der Waals surface area contributed by atoms with Gasteiger partial charge in [-0.05, 0) is 36.2 Å². The second-order valence-electron chi connectivity index (χ2n) is 7.84. The maximum absolute atomic E-state index is 13.7. The third-order valence-corrected chi connectivity index (χ3v) is 5.46. The summed E-state index contributed by atoms with van der Waals surface area (Å²) in [6, 6.07) is 17.3. The lowest BCUT2D eigenvalue weighted by Crippen LogP contribution is -2.43. The first-order chi connectivity index (χ1) is 15.3. The Labute approximate surface area is 187 Å². The summed E-state index contributed by atoms with van der Waals surface area (Å²) in [6.45, 7) is 3.87. The number of nitrogens with zero attached hydrogens (tertiary/aromatic N) is 1. The number of aromatic hydroxyl groups is 1. The van der Waals surface area contributed by atoms with E-state index in [1.165, 1.54) is 24.4 Å². The number of aliphatic imine (C=N–C) groups is 1. The largest absolute Gasteiger partial charge is 0.507 e. The van der Waals surface area contributed by atoms with Crippen molar-refractivity contribution in [3.63, 3.8) is 0 Å². The lowest BCUT2D eigenvalue weighted by Gasteiger charge is -2.38. The number of ether oxygens (including phenoxy) is 2. The van der Waals surface area contributed by atoms with Gasteiger partial charge in [-0.3, -0.25) is 4.99 Å². The van der Waals surface area contributed by atoms with Gasteiger partial charge in [0.1, 0.15) is 28.7 Å². The van der Waals surface area contributed by atoms with Gasteiger partial charge in [-0.1, -0.05) is 50.2 Å². The normalized spacial score (nSPS) is 12.8. The maximum atomic E-state index is 13.7. The van der Waals surface area contributed by atoms with Crippen molar-refractivity contribution in [1.82, 2.24) is 0 Å². The highest BCUT2D eigenvalue weighted by Gasteiger charge is 2.45. The second kappa shape index (κ2) is 9.83. The van der Waals surface area contributed by atoms with Gasteiger partial charge >= 0.3 is 0 Å². The van der Waals surface area contributed by atoms with Crippen LogP contribution in [0.5, 0.6) is 17.2 Å². The minimum absolute atomic E-state index is 0.101. The van der Waals surface area contributed by atoms with Crippen LogP contribution in [0.3, 0.4) is 0 Å². The molecule has 0 spiro atoms. The van der Waals surface area contributed by atoms with Crippen molar-refractivity contribution in [1.29, 1.82) is 0 Å². The molecule has 0 amide bonds. The van der Waals surface area contributed by atoms with E-state index in [0.29, 0.717) is 22.6 Å². The summed E-state index contributed by atoms with van der Waals surface area (Å²) in [5, 5.41) is 22.5. The van der Waals surface area contributed by atoms with E-state index in [4.69, 9.17) is 9.47 Å². The number of hydrogen-bond acceptors (Lipinski definition) is 5. The highest BCUT2D eigenvalue weighted by Crippen LogP contribution is 2.45. The van der Waals surface area contributed by atoms with E-state index in [-0.39, 0.29) is 17.2 Å². The summed E-state index contributed by atoms with van der Waals surface area (Å²) in [4.78, 5) is 4.66. The first kappa shape index (κ1) is 23.3. The predicted octanol–water partition coefficient (Wildman–Crippen LogP) is 4.93. The van der Waals surface area contributed by atoms with Crippen LogP contribution in [0.15, 0.2) is 71.7 Å². The van der Waals surface area contributed by atoms with Crippen molar-refractivity contribution >= 4 is 6.21 Å². The van der Waals surface area contributed by atoms with E-state index in [0.717, 1.165) is 0 Å². The molecule has 0 heterocycles. The van der Waals surface area contributed by atoms with Gasteiger partial charge in [0.15, 0.2) is 0 Å². The second-order valence-corrected chi connectivity index (χ2v) is 7.84. The number of hydrogen-bond donors (Lipinski definition) is 2. The van der Waals surface area contributed by atoms with Gasteiger partial charge in [-0.2, -0.15) is 0 Å². The molecular weight excluding hydrogens is 409 g/mol. The smallest absolute Gasteiger partial charge is 0.144 e. The van der Waals surface area contributed by atoms with Crippen LogP contribution in [0.4, 0.5) is 4.39 Å². The Morgan fingerprint density at radius 1 is 0.906 bits per heavy atom. The molecule has 0 radical (unpaired) electrons. The zero-order chi connectivity index (χ0) is 23.3. The number of benzene rings is 3. The first-order valence-corrected chi connectivity index (χ1v) is 10.3. The minimum atomic E-state index is -1.65. The van der Waals surface area contributed by atoms with Gasteiger partial charge in [-0.25, -0.2) is 4.39 Å². The molecule has 2 N–H and O–H groups in total. The van der Waals surface area contributed by atoms with Crippen molar-refractivity contribution in [3.05, 3.63) is 89.2 Å². The molecule has 168 valence electrons. The molecule has 0 unspecified atom stereocenters. The molecule has 1 atom stereocenters. The molecule has 3 rings (SSSR count). The fourth-order valence-electron chi connectivity index (χ4n) is 3.93. The number of rotatable bonds is 8. The Hall–Kier alpha value is -3.38. The van der Waals surface area contributed by atoms with E-state index in [2.05, 4.69) is 4.99 Å². The molecule has 0 aliphatic rings. The number of methoxy groups -OCH3 is 2. The Bertz CT molecular complexity index is 1050. The minimum Gasteiger partial charge on any atom is -0.507 e. The van der Waals surface area contributed by atoms with Crippen molar-refractivity contribution < 1.29 is 24.1 Å². The van der Waals surface area contributed by atoms with Gasteiger partial charge in [0.25, 0.3) is 0 Å². The SMILES string of the molecule is COc1ccccc1C(O)(c1ccccc1OC)[C@@H](N=Cc1cc(F)ccc1O)C(C)C. The van der Waals surface area contributed by atoms with Crippen molar-refractivity contribution in [2.75, 3.05) is 14.2 Å². The summed E-state index contributed by atoms with van der Waals surface area (Å²) >= 11 is 0. The lowest BCUT2D eigenvalue weighted by molar-refractivity contribution is 0.0321. The zero-order valence-electron chi connectivity index (χ0n) is 18.6. The quantitative estimate of drug-likeness (QED) is 0.491. The monoisotopic (exact) mass is 437 g/mol. The fraction of sp³-hybridized carbons (Fsp3) is 0.269. The highest BCUT2D eigenvalue weighted by molar-refractivity contribution is 5.83. The predicted molar refractivity (Wildman–Crippen MR) is 123 cm³/mol. The molecule has 0 bridgehead atoms. The molecule has 0 aliphatic heterocycles. The number of phenols is 1. The van der Waals surface area contributed by atoms with E-state index in [9.17, 15) is 14.6 Å². The van der Waals surface area contributed by atoms with Crippen LogP contribution in [0, 0.1) is 11.7 Å². The van der Waals surface area contributed by atoms with Gasteiger partial charge in [0, 0.05) is 22.9 Å². The summed E-state index contributed by atoms with van der Waals surface area (Å²) in [6.07, 6.45) is 1.39. The van der Waals surface area contributed by atoms with E-state index >= 15 is 0 Å². The van der Waals surface area contributed by atoms with Crippen molar-refractivity contribution in [2.45, 2.75) is 25.5 Å². The standard InChI is InChI=1S/C26H28FNO4/c1-17(2)25(28-16-18-15-19(27)13-14-22(18)29)26(30,20-9-5-7-11-23(20)31-3)21-10-6-8-12-24(21)32-4/h5-17,25,29-30H,1-4H3/t25-/m0/s1. The number of phenolic OH excluding ortho intramolecular Hbond substituents is 1. The van der Waals surface area contributed by atoms with Gasteiger partial charge in [-0.15, -0.1) is 0 Å². The first-order valence-electron chi connectivity index (χ1n) is 10.3. The molecule has 32 heavy (non-hydrogen) atoms. The summed E-state index contributed by atoms with van der Waals surface area (Å²) in [5.74, 6) is 0.248. The lowest BCUT2D eigenvalue weighted by atomic mass is 9.75. The number of para-hydroxylation sites is 2. The van der Waals surface area contributed by atoms with Crippen LogP contribution < -0.4 is 9.47 Å². The third-order valence-electron chi connectivity index (χ3n) is 5.46. The van der Waals surface area contributed by atoms with E-state index in [1.54, 1.807) is 38.5 Å². The van der Waals surface area contributed by atoms with E-state index < -0.39 is 17.5 Å². The molecule has 3 aromatic rings. The Kier molecular flexibility index (Phi) is 7.15. The Morgan fingerprint density at radius 2 is 1.44 bits per heavy atom. The summed E-state index contributed by atoms with van der Waals surface area (Å²) < 4.78 is 24.9. The Morgan fingerprint density at radius 3 is 1.94 bits per heavy atom. The maximum Gasteiger partial charge on any atom is 0.144 e. The van der Waals surface area contributed by atoms with Crippen LogP contribution in [-0.2, 0) is 5.60 Å². The van der Waals surface area contributed by atoms with Crippen LogP contribution in [0.25, 0.3) is 0 Å². The highest BCUT2D eigenvalue weighted by atomic mass is 19.1. The molecule has 0 aromatic heterocycles.